The highest BCUT2D eigenvalue weighted by molar-refractivity contribution is 4.99. The molecule has 1 aliphatic heterocycles. The van der Waals surface area contributed by atoms with Crippen molar-refractivity contribution >= 4 is 0 Å². The molecule has 1 saturated heterocycles. The van der Waals surface area contributed by atoms with Crippen LogP contribution in [-0.4, -0.2) is 28.8 Å². The Morgan fingerprint density at radius 2 is 2.41 bits per heavy atom. The summed E-state index contributed by atoms with van der Waals surface area (Å²) in [5.41, 5.74) is 1.26. The number of hydrogen-bond donors (Lipinski definition) is 1. The molecule has 1 N–H and O–H groups in total. The highest BCUT2D eigenvalue weighted by Gasteiger charge is 2.23. The van der Waals surface area contributed by atoms with Crippen LogP contribution in [0, 0.1) is 5.92 Å². The Morgan fingerprint density at radius 3 is 3.06 bits per heavy atom. The van der Waals surface area contributed by atoms with Crippen LogP contribution in [0.25, 0.3) is 0 Å². The molecule has 96 valence electrons. The van der Waals surface area contributed by atoms with Gasteiger partial charge in [-0.25, -0.2) is 4.98 Å². The molecule has 2 heterocycles. The minimum Gasteiger partial charge on any atom is -0.378 e. The molecule has 0 radical (unpaired) electrons. The van der Waals surface area contributed by atoms with Gasteiger partial charge in [0.05, 0.1) is 18.1 Å². The first-order valence-electron chi connectivity index (χ1n) is 6.51. The van der Waals surface area contributed by atoms with Gasteiger partial charge in [-0.3, -0.25) is 0 Å². The highest BCUT2D eigenvalue weighted by atomic mass is 16.5. The zero-order chi connectivity index (χ0) is 12.3. The number of nitrogens with zero attached hydrogens (tertiary/aromatic N) is 2. The Balaban J connectivity index is 1.79. The van der Waals surface area contributed by atoms with Gasteiger partial charge in [0.15, 0.2) is 0 Å². The first kappa shape index (κ1) is 12.6. The van der Waals surface area contributed by atoms with Gasteiger partial charge in [-0.05, 0) is 33.1 Å². The van der Waals surface area contributed by atoms with Crippen LogP contribution in [0.1, 0.15) is 38.9 Å². The molecule has 4 nitrogen and oxygen atoms in total. The molecule has 0 amide bonds. The van der Waals surface area contributed by atoms with E-state index in [9.17, 15) is 0 Å². The Bertz CT molecular complexity index is 348. The summed E-state index contributed by atoms with van der Waals surface area (Å²) in [4.78, 5) is 4.21. The molecule has 4 heteroatoms. The maximum atomic E-state index is 5.56. The number of rotatable bonds is 5. The molecule has 0 bridgehead atoms. The summed E-state index contributed by atoms with van der Waals surface area (Å²) in [5, 5.41) is 3.51. The zero-order valence-electron chi connectivity index (χ0n) is 11.0. The third kappa shape index (κ3) is 3.07. The normalized spacial score (nSPS) is 24.7. The first-order chi connectivity index (χ1) is 8.18. The van der Waals surface area contributed by atoms with Gasteiger partial charge in [0.25, 0.3) is 0 Å². The molecule has 0 aliphatic carbocycles. The third-order valence-electron chi connectivity index (χ3n) is 3.55. The van der Waals surface area contributed by atoms with Crippen molar-refractivity contribution in [3.05, 3.63) is 18.2 Å². The van der Waals surface area contributed by atoms with E-state index in [0.29, 0.717) is 18.1 Å². The number of imidazole rings is 1. The topological polar surface area (TPSA) is 39.1 Å². The van der Waals surface area contributed by atoms with Crippen molar-refractivity contribution in [1.82, 2.24) is 14.9 Å². The Hall–Kier alpha value is -0.870. The largest absolute Gasteiger partial charge is 0.378 e. The van der Waals surface area contributed by atoms with Crippen LogP contribution in [0.5, 0.6) is 0 Å². The summed E-state index contributed by atoms with van der Waals surface area (Å²) >= 11 is 0. The van der Waals surface area contributed by atoms with E-state index in [0.717, 1.165) is 19.7 Å². The van der Waals surface area contributed by atoms with Crippen LogP contribution >= 0.6 is 0 Å². The standard InChI is InChI=1S/C13H23N3O/c1-10(2)16-9-15-8-13(16)7-14-6-12-4-5-17-11(12)3/h8-12,14H,4-7H2,1-3H3. The number of ether oxygens (including phenoxy) is 1. The lowest BCUT2D eigenvalue weighted by Crippen LogP contribution is -2.27. The van der Waals surface area contributed by atoms with Gasteiger partial charge in [0.1, 0.15) is 0 Å². The summed E-state index contributed by atoms with van der Waals surface area (Å²) in [7, 11) is 0. The van der Waals surface area contributed by atoms with Gasteiger partial charge in [-0.2, -0.15) is 0 Å². The van der Waals surface area contributed by atoms with Crippen LogP contribution in [0.4, 0.5) is 0 Å². The van der Waals surface area contributed by atoms with Gasteiger partial charge in [-0.1, -0.05) is 0 Å². The maximum absolute atomic E-state index is 5.56. The van der Waals surface area contributed by atoms with Gasteiger partial charge in [-0.15, -0.1) is 0 Å². The SMILES string of the molecule is CC1OCCC1CNCc1cncn1C(C)C. The molecule has 1 fully saturated rings. The lowest BCUT2D eigenvalue weighted by atomic mass is 10.0. The van der Waals surface area contributed by atoms with Gasteiger partial charge in [0, 0.05) is 31.9 Å². The predicted molar refractivity (Wildman–Crippen MR) is 67.8 cm³/mol. The Morgan fingerprint density at radius 1 is 1.59 bits per heavy atom. The van der Waals surface area contributed by atoms with Gasteiger partial charge >= 0.3 is 0 Å². The van der Waals surface area contributed by atoms with Crippen molar-refractivity contribution in [3.63, 3.8) is 0 Å². The monoisotopic (exact) mass is 237 g/mol. The number of nitrogens with one attached hydrogen (secondary N) is 1. The molecule has 17 heavy (non-hydrogen) atoms. The molecular weight excluding hydrogens is 214 g/mol. The second-order valence-corrected chi connectivity index (χ2v) is 5.14. The fourth-order valence-electron chi connectivity index (χ4n) is 2.36. The maximum Gasteiger partial charge on any atom is 0.0951 e. The molecule has 0 aromatic carbocycles. The summed E-state index contributed by atoms with van der Waals surface area (Å²) in [6, 6.07) is 0.475. The lowest BCUT2D eigenvalue weighted by Gasteiger charge is -2.16. The summed E-state index contributed by atoms with van der Waals surface area (Å²) < 4.78 is 7.77. The van der Waals surface area contributed by atoms with Crippen molar-refractivity contribution in [3.8, 4) is 0 Å². The average Bonchev–Trinajstić information content (AvgIpc) is 2.88. The lowest BCUT2D eigenvalue weighted by molar-refractivity contribution is 0.105. The van der Waals surface area contributed by atoms with E-state index in [1.807, 2.05) is 12.5 Å². The van der Waals surface area contributed by atoms with E-state index in [2.05, 4.69) is 35.6 Å². The third-order valence-corrected chi connectivity index (χ3v) is 3.55. The van der Waals surface area contributed by atoms with Crippen molar-refractivity contribution in [2.45, 2.75) is 45.9 Å². The van der Waals surface area contributed by atoms with E-state index in [1.165, 1.54) is 12.1 Å². The highest BCUT2D eigenvalue weighted by Crippen LogP contribution is 2.19. The van der Waals surface area contributed by atoms with E-state index < -0.39 is 0 Å². The van der Waals surface area contributed by atoms with Crippen LogP contribution in [0.3, 0.4) is 0 Å². The van der Waals surface area contributed by atoms with Crippen molar-refractivity contribution in [2.75, 3.05) is 13.2 Å². The molecule has 1 aromatic rings. The van der Waals surface area contributed by atoms with Gasteiger partial charge in [0.2, 0.25) is 0 Å². The number of hydrogen-bond acceptors (Lipinski definition) is 3. The van der Waals surface area contributed by atoms with Crippen LogP contribution in [0.15, 0.2) is 12.5 Å². The second-order valence-electron chi connectivity index (χ2n) is 5.14. The molecule has 1 aromatic heterocycles. The van der Waals surface area contributed by atoms with Gasteiger partial charge < -0.3 is 14.6 Å². The predicted octanol–water partition coefficient (Wildman–Crippen LogP) is 1.98. The summed E-state index contributed by atoms with van der Waals surface area (Å²) in [6.07, 6.45) is 5.43. The molecule has 0 spiro atoms. The first-order valence-corrected chi connectivity index (χ1v) is 6.51. The van der Waals surface area contributed by atoms with Crippen molar-refractivity contribution in [2.24, 2.45) is 5.92 Å². The quantitative estimate of drug-likeness (QED) is 0.851. The van der Waals surface area contributed by atoms with E-state index in [1.54, 1.807) is 0 Å². The summed E-state index contributed by atoms with van der Waals surface area (Å²) in [6.45, 7) is 9.36. The van der Waals surface area contributed by atoms with E-state index >= 15 is 0 Å². The Labute approximate surface area is 103 Å². The second kappa shape index (κ2) is 5.65. The van der Waals surface area contributed by atoms with E-state index in [-0.39, 0.29) is 0 Å². The summed E-state index contributed by atoms with van der Waals surface area (Å²) in [5.74, 6) is 0.658. The molecular formula is C13H23N3O. The Kier molecular flexibility index (Phi) is 4.18. The molecule has 2 rings (SSSR count). The molecule has 2 unspecified atom stereocenters. The van der Waals surface area contributed by atoms with Crippen LogP contribution < -0.4 is 5.32 Å². The minimum absolute atomic E-state index is 0.400. The zero-order valence-corrected chi connectivity index (χ0v) is 11.0. The minimum atomic E-state index is 0.400. The number of aromatic nitrogens is 2. The fourth-order valence-corrected chi connectivity index (χ4v) is 2.36. The van der Waals surface area contributed by atoms with Crippen LogP contribution in [0.2, 0.25) is 0 Å². The van der Waals surface area contributed by atoms with Crippen molar-refractivity contribution < 1.29 is 4.74 Å². The van der Waals surface area contributed by atoms with Crippen molar-refractivity contribution in [1.29, 1.82) is 0 Å². The fraction of sp³-hybridized carbons (Fsp3) is 0.769. The smallest absolute Gasteiger partial charge is 0.0951 e. The molecule has 1 aliphatic rings. The average molecular weight is 237 g/mol. The molecule has 2 atom stereocenters. The van der Waals surface area contributed by atoms with E-state index in [4.69, 9.17) is 4.74 Å². The van der Waals surface area contributed by atoms with Crippen LogP contribution in [-0.2, 0) is 11.3 Å². The molecule has 0 saturated carbocycles.